The van der Waals surface area contributed by atoms with Crippen LogP contribution in [0.15, 0.2) is 78.2 Å². The second-order valence-corrected chi connectivity index (χ2v) is 9.23. The molecule has 0 aliphatic rings. The number of hydrogen-bond acceptors (Lipinski definition) is 5. The molecule has 0 aliphatic heterocycles. The van der Waals surface area contributed by atoms with Gasteiger partial charge >= 0.3 is 5.97 Å². The van der Waals surface area contributed by atoms with Crippen molar-refractivity contribution in [2.45, 2.75) is 25.9 Å². The first-order chi connectivity index (χ1) is 16.4. The van der Waals surface area contributed by atoms with Crippen molar-refractivity contribution in [2.75, 3.05) is 0 Å². The van der Waals surface area contributed by atoms with Gasteiger partial charge in [-0.2, -0.15) is 5.26 Å². The Labute approximate surface area is 201 Å². The van der Waals surface area contributed by atoms with E-state index >= 15 is 0 Å². The fraction of sp³-hybridized carbons (Fsp3) is 0.179. The molecule has 3 aromatic carbocycles. The number of hydrogen-bond donors (Lipinski definition) is 0. The molecule has 1 heterocycles. The summed E-state index contributed by atoms with van der Waals surface area (Å²) in [5, 5.41) is 13.9. The number of ketones is 1. The van der Waals surface area contributed by atoms with Gasteiger partial charge < -0.3 is 4.74 Å². The molecule has 0 bridgehead atoms. The standard InChI is InChI=1S/C28H22FNO3S/c1-17(2)25(27-23-9-4-3-6-21(23)16-34-27)28(32)33-24(15-30)19-7-5-8-20(14-19)26(31)18-10-12-22(29)13-11-18/h3-14,16-17,24-25H,1-2H3. The van der Waals surface area contributed by atoms with E-state index in [1.54, 1.807) is 18.2 Å². The lowest BCUT2D eigenvalue weighted by molar-refractivity contribution is -0.149. The highest BCUT2D eigenvalue weighted by molar-refractivity contribution is 7.11. The number of carbonyl (C=O) groups excluding carboxylic acids is 2. The molecule has 4 aromatic rings. The smallest absolute Gasteiger partial charge is 0.316 e. The molecule has 2 unspecified atom stereocenters. The van der Waals surface area contributed by atoms with Gasteiger partial charge in [0.05, 0.1) is 5.92 Å². The van der Waals surface area contributed by atoms with Crippen molar-refractivity contribution >= 4 is 33.9 Å². The van der Waals surface area contributed by atoms with Gasteiger partial charge in [0.1, 0.15) is 11.9 Å². The Kier molecular flexibility index (Phi) is 6.85. The van der Waals surface area contributed by atoms with Gasteiger partial charge in [0.2, 0.25) is 6.10 Å². The van der Waals surface area contributed by atoms with Crippen LogP contribution in [0, 0.1) is 23.1 Å². The van der Waals surface area contributed by atoms with Gasteiger partial charge in [0.15, 0.2) is 5.78 Å². The SMILES string of the molecule is CC(C)C(C(=O)OC(C#N)c1cccc(C(=O)c2ccc(F)cc2)c1)c1scc2ccccc12. The van der Waals surface area contributed by atoms with E-state index in [1.165, 1.54) is 41.7 Å². The third-order valence-corrected chi connectivity index (χ3v) is 6.75. The predicted octanol–water partition coefficient (Wildman–Crippen LogP) is 6.82. The van der Waals surface area contributed by atoms with Crippen molar-refractivity contribution in [2.24, 2.45) is 5.92 Å². The maximum absolute atomic E-state index is 13.3. The molecule has 0 amide bonds. The van der Waals surface area contributed by atoms with E-state index in [4.69, 9.17) is 4.74 Å². The zero-order valence-corrected chi connectivity index (χ0v) is 19.5. The van der Waals surface area contributed by atoms with Crippen LogP contribution in [0.3, 0.4) is 0 Å². The van der Waals surface area contributed by atoms with Crippen LogP contribution in [-0.2, 0) is 9.53 Å². The summed E-state index contributed by atoms with van der Waals surface area (Å²) in [7, 11) is 0. The molecule has 0 fully saturated rings. The van der Waals surface area contributed by atoms with Gasteiger partial charge in [-0.1, -0.05) is 56.3 Å². The first-order valence-electron chi connectivity index (χ1n) is 10.9. The number of ether oxygens (including phenoxy) is 1. The Bertz CT molecular complexity index is 1380. The average Bonchev–Trinajstić information content (AvgIpc) is 3.26. The molecule has 4 nitrogen and oxygen atoms in total. The first kappa shape index (κ1) is 23.3. The summed E-state index contributed by atoms with van der Waals surface area (Å²) in [5.41, 5.74) is 1.06. The third-order valence-electron chi connectivity index (χ3n) is 5.65. The summed E-state index contributed by atoms with van der Waals surface area (Å²) in [6.45, 7) is 3.90. The molecule has 1 aromatic heterocycles. The Morgan fingerprint density at radius 1 is 0.971 bits per heavy atom. The number of halogens is 1. The van der Waals surface area contributed by atoms with Gasteiger partial charge in [-0.05, 0) is 52.4 Å². The van der Waals surface area contributed by atoms with Crippen LogP contribution in [-0.4, -0.2) is 11.8 Å². The number of carbonyl (C=O) groups is 2. The van der Waals surface area contributed by atoms with E-state index in [-0.39, 0.29) is 11.7 Å². The van der Waals surface area contributed by atoms with Crippen molar-refractivity contribution < 1.29 is 18.7 Å². The van der Waals surface area contributed by atoms with E-state index < -0.39 is 23.8 Å². The maximum atomic E-state index is 13.3. The topological polar surface area (TPSA) is 67.2 Å². The molecule has 34 heavy (non-hydrogen) atoms. The van der Waals surface area contributed by atoms with Crippen LogP contribution in [0.2, 0.25) is 0 Å². The van der Waals surface area contributed by atoms with Crippen molar-refractivity contribution in [3.63, 3.8) is 0 Å². The quantitative estimate of drug-likeness (QED) is 0.219. The van der Waals surface area contributed by atoms with Crippen LogP contribution in [0.4, 0.5) is 4.39 Å². The summed E-state index contributed by atoms with van der Waals surface area (Å²) >= 11 is 1.51. The fourth-order valence-electron chi connectivity index (χ4n) is 3.91. The Morgan fingerprint density at radius 3 is 2.41 bits per heavy atom. The third kappa shape index (κ3) is 4.75. The Morgan fingerprint density at radius 2 is 1.71 bits per heavy atom. The minimum atomic E-state index is -1.17. The zero-order chi connectivity index (χ0) is 24.2. The number of fused-ring (bicyclic) bond motifs is 1. The second-order valence-electron chi connectivity index (χ2n) is 8.32. The number of rotatable bonds is 7. The lowest BCUT2D eigenvalue weighted by Gasteiger charge is -2.21. The normalized spacial score (nSPS) is 12.8. The van der Waals surface area contributed by atoms with Gasteiger partial charge in [0.25, 0.3) is 0 Å². The van der Waals surface area contributed by atoms with Gasteiger partial charge in [-0.25, -0.2) is 4.39 Å². The van der Waals surface area contributed by atoms with E-state index in [2.05, 4.69) is 0 Å². The molecule has 0 N–H and O–H groups in total. The van der Waals surface area contributed by atoms with E-state index in [0.29, 0.717) is 16.7 Å². The number of benzene rings is 3. The predicted molar refractivity (Wildman–Crippen MR) is 130 cm³/mol. The highest BCUT2D eigenvalue weighted by atomic mass is 32.1. The van der Waals surface area contributed by atoms with Crippen molar-refractivity contribution in [1.29, 1.82) is 5.26 Å². The van der Waals surface area contributed by atoms with Crippen LogP contribution in [0.1, 0.15) is 52.2 Å². The molecule has 4 rings (SSSR count). The van der Waals surface area contributed by atoms with Gasteiger partial charge in [0, 0.05) is 21.6 Å². The van der Waals surface area contributed by atoms with E-state index in [1.807, 2.05) is 49.6 Å². The molecule has 0 saturated carbocycles. The lowest BCUT2D eigenvalue weighted by atomic mass is 9.92. The summed E-state index contributed by atoms with van der Waals surface area (Å²) < 4.78 is 18.9. The first-order valence-corrected chi connectivity index (χ1v) is 11.7. The lowest BCUT2D eigenvalue weighted by Crippen LogP contribution is -2.22. The minimum Gasteiger partial charge on any atom is -0.441 e. The molecule has 0 spiro atoms. The molecular weight excluding hydrogens is 449 g/mol. The van der Waals surface area contributed by atoms with Crippen molar-refractivity contribution in [1.82, 2.24) is 0 Å². The highest BCUT2D eigenvalue weighted by Gasteiger charge is 2.31. The second kappa shape index (κ2) is 9.98. The van der Waals surface area contributed by atoms with Crippen LogP contribution < -0.4 is 0 Å². The molecule has 170 valence electrons. The van der Waals surface area contributed by atoms with Gasteiger partial charge in [-0.15, -0.1) is 11.3 Å². The van der Waals surface area contributed by atoms with Crippen LogP contribution in [0.5, 0.6) is 0 Å². The minimum absolute atomic E-state index is 0.0414. The summed E-state index contributed by atoms with van der Waals surface area (Å²) in [4.78, 5) is 27.0. The number of nitriles is 1. The molecule has 0 saturated heterocycles. The van der Waals surface area contributed by atoms with Crippen LogP contribution >= 0.6 is 11.3 Å². The average molecular weight is 472 g/mol. The summed E-state index contributed by atoms with van der Waals surface area (Å²) in [5.74, 6) is -1.79. The van der Waals surface area contributed by atoms with Crippen LogP contribution in [0.25, 0.3) is 10.8 Å². The maximum Gasteiger partial charge on any atom is 0.316 e. The van der Waals surface area contributed by atoms with E-state index in [0.717, 1.165) is 15.6 Å². The highest BCUT2D eigenvalue weighted by Crippen LogP contribution is 2.37. The molecule has 6 heteroatoms. The number of esters is 1. The monoisotopic (exact) mass is 471 g/mol. The van der Waals surface area contributed by atoms with E-state index in [9.17, 15) is 19.2 Å². The molecule has 0 radical (unpaired) electrons. The molecule has 2 atom stereocenters. The Hall–Kier alpha value is -3.82. The largest absolute Gasteiger partial charge is 0.441 e. The fourth-order valence-corrected chi connectivity index (χ4v) is 5.19. The molecule has 0 aliphatic carbocycles. The Balaban J connectivity index is 1.59. The summed E-state index contributed by atoms with van der Waals surface area (Å²) in [6, 6.07) is 21.6. The summed E-state index contributed by atoms with van der Waals surface area (Å²) in [6.07, 6.45) is -1.17. The number of thiophene rings is 1. The van der Waals surface area contributed by atoms with Crippen molar-refractivity contribution in [3.05, 3.63) is 106 Å². The van der Waals surface area contributed by atoms with Gasteiger partial charge in [-0.3, -0.25) is 9.59 Å². The number of nitrogens with zero attached hydrogens (tertiary/aromatic N) is 1. The molecular formula is C28H22FNO3S. The van der Waals surface area contributed by atoms with Crippen molar-refractivity contribution in [3.8, 4) is 6.07 Å². The zero-order valence-electron chi connectivity index (χ0n) is 18.7.